The minimum atomic E-state index is 0.0139. The summed E-state index contributed by atoms with van der Waals surface area (Å²) in [6.07, 6.45) is 11.3. The lowest BCUT2D eigenvalue weighted by molar-refractivity contribution is -0.163. The van der Waals surface area contributed by atoms with E-state index in [1.807, 2.05) is 0 Å². The van der Waals surface area contributed by atoms with E-state index in [1.165, 1.54) is 19.3 Å². The molecular formula is C11H15NO. The van der Waals surface area contributed by atoms with Crippen LogP contribution in [0.1, 0.15) is 38.5 Å². The first-order valence-corrected chi connectivity index (χ1v) is 5.27. The maximum absolute atomic E-state index is 11.7. The van der Waals surface area contributed by atoms with E-state index in [1.54, 1.807) is 0 Å². The van der Waals surface area contributed by atoms with Crippen molar-refractivity contribution < 1.29 is 4.79 Å². The molecule has 0 aromatic heterocycles. The molecule has 2 aliphatic carbocycles. The Kier molecular flexibility index (Phi) is 1.27. The predicted octanol–water partition coefficient (Wildman–Crippen LogP) is 1.77. The van der Waals surface area contributed by atoms with Crippen LogP contribution in [0.15, 0.2) is 12.2 Å². The van der Waals surface area contributed by atoms with E-state index in [9.17, 15) is 4.79 Å². The Bertz CT molecular complexity index is 296. The average Bonchev–Trinajstić information content (AvgIpc) is 2.15. The Balaban J connectivity index is 2.04. The highest BCUT2D eigenvalue weighted by Gasteiger charge is 2.65. The fourth-order valence-electron chi connectivity index (χ4n) is 3.43. The number of rotatable bonds is 0. The number of carbonyl (C=O) groups is 1. The van der Waals surface area contributed by atoms with E-state index in [0.717, 1.165) is 19.3 Å². The Labute approximate surface area is 78.4 Å². The SMILES string of the molecule is O=C1N[C@]23CC=CC[C@@]12CCCC3. The van der Waals surface area contributed by atoms with Gasteiger partial charge in [-0.1, -0.05) is 25.0 Å². The first-order chi connectivity index (χ1) is 6.29. The van der Waals surface area contributed by atoms with E-state index in [-0.39, 0.29) is 11.0 Å². The molecule has 0 aromatic carbocycles. The van der Waals surface area contributed by atoms with Crippen LogP contribution in [-0.4, -0.2) is 11.4 Å². The first-order valence-electron chi connectivity index (χ1n) is 5.27. The maximum Gasteiger partial charge on any atom is 0.229 e. The fourth-order valence-corrected chi connectivity index (χ4v) is 3.43. The average molecular weight is 177 g/mol. The second kappa shape index (κ2) is 2.17. The second-order valence-electron chi connectivity index (χ2n) is 4.71. The summed E-state index contributed by atoms with van der Waals surface area (Å²) in [6.45, 7) is 0. The number of β-lactam (4-membered cyclic amide) rings is 1. The van der Waals surface area contributed by atoms with Crippen LogP contribution in [0.3, 0.4) is 0 Å². The van der Waals surface area contributed by atoms with Gasteiger partial charge in [0.1, 0.15) is 0 Å². The molecule has 0 spiro atoms. The van der Waals surface area contributed by atoms with Crippen LogP contribution >= 0.6 is 0 Å². The van der Waals surface area contributed by atoms with Gasteiger partial charge in [-0.05, 0) is 25.7 Å². The standard InChI is InChI=1S/C11H15NO/c13-9-10-5-1-3-7-11(10,12-9)8-4-2-6-10/h1,3H,2,4-8H2,(H,12,13)/t10-,11+/m1/s1. The van der Waals surface area contributed by atoms with Crippen molar-refractivity contribution in [3.05, 3.63) is 12.2 Å². The molecular weight excluding hydrogens is 162 g/mol. The largest absolute Gasteiger partial charge is 0.349 e. The normalized spacial score (nSPS) is 47.2. The van der Waals surface area contributed by atoms with E-state index < -0.39 is 0 Å². The van der Waals surface area contributed by atoms with E-state index in [4.69, 9.17) is 0 Å². The summed E-state index contributed by atoms with van der Waals surface area (Å²) in [5.74, 6) is 0.316. The van der Waals surface area contributed by atoms with Crippen LogP contribution in [0.4, 0.5) is 0 Å². The summed E-state index contributed by atoms with van der Waals surface area (Å²) in [4.78, 5) is 11.7. The Hall–Kier alpha value is -0.790. The third-order valence-electron chi connectivity index (χ3n) is 4.26. The van der Waals surface area contributed by atoms with E-state index in [0.29, 0.717) is 5.91 Å². The van der Waals surface area contributed by atoms with Crippen molar-refractivity contribution in [2.24, 2.45) is 5.41 Å². The maximum atomic E-state index is 11.7. The molecule has 1 saturated heterocycles. The highest BCUT2D eigenvalue weighted by molar-refractivity contribution is 5.92. The van der Waals surface area contributed by atoms with Gasteiger partial charge in [0.15, 0.2) is 0 Å². The lowest BCUT2D eigenvalue weighted by atomic mass is 9.50. The van der Waals surface area contributed by atoms with Crippen molar-refractivity contribution in [2.75, 3.05) is 0 Å². The summed E-state index contributed by atoms with van der Waals surface area (Å²) < 4.78 is 0. The molecule has 1 N–H and O–H groups in total. The van der Waals surface area contributed by atoms with E-state index >= 15 is 0 Å². The van der Waals surface area contributed by atoms with Crippen LogP contribution in [-0.2, 0) is 4.79 Å². The molecule has 0 bridgehead atoms. The van der Waals surface area contributed by atoms with Crippen LogP contribution in [0.2, 0.25) is 0 Å². The number of carbonyl (C=O) groups excluding carboxylic acids is 1. The highest BCUT2D eigenvalue weighted by atomic mass is 16.2. The quantitative estimate of drug-likeness (QED) is 0.443. The summed E-state index contributed by atoms with van der Waals surface area (Å²) >= 11 is 0. The van der Waals surface area contributed by atoms with Gasteiger partial charge in [-0.15, -0.1) is 0 Å². The summed E-state index contributed by atoms with van der Waals surface area (Å²) in [5, 5.41) is 3.16. The molecule has 3 rings (SSSR count). The number of hydrogen-bond acceptors (Lipinski definition) is 1. The number of allylic oxidation sites excluding steroid dienone is 1. The number of hydrogen-bond donors (Lipinski definition) is 1. The lowest BCUT2D eigenvalue weighted by Gasteiger charge is -2.62. The third-order valence-corrected chi connectivity index (χ3v) is 4.26. The van der Waals surface area contributed by atoms with E-state index in [2.05, 4.69) is 17.5 Å². The van der Waals surface area contributed by atoms with Gasteiger partial charge in [0.05, 0.1) is 11.0 Å². The van der Waals surface area contributed by atoms with Gasteiger partial charge in [-0.25, -0.2) is 0 Å². The molecule has 0 radical (unpaired) electrons. The minimum Gasteiger partial charge on any atom is -0.349 e. The third kappa shape index (κ3) is 0.687. The van der Waals surface area contributed by atoms with Crippen LogP contribution < -0.4 is 5.32 Å². The molecule has 1 aliphatic heterocycles. The summed E-state index contributed by atoms with van der Waals surface area (Å²) in [7, 11) is 0. The Morgan fingerprint density at radius 3 is 2.69 bits per heavy atom. The molecule has 2 heteroatoms. The van der Waals surface area contributed by atoms with Gasteiger partial charge >= 0.3 is 0 Å². The molecule has 0 aromatic rings. The molecule has 1 amide bonds. The van der Waals surface area contributed by atoms with Gasteiger partial charge in [-0.2, -0.15) is 0 Å². The van der Waals surface area contributed by atoms with Gasteiger partial charge in [-0.3, -0.25) is 4.79 Å². The van der Waals surface area contributed by atoms with Crippen molar-refractivity contribution in [2.45, 2.75) is 44.1 Å². The predicted molar refractivity (Wildman–Crippen MR) is 50.1 cm³/mol. The Morgan fingerprint density at radius 2 is 1.92 bits per heavy atom. The van der Waals surface area contributed by atoms with Gasteiger partial charge in [0, 0.05) is 0 Å². The van der Waals surface area contributed by atoms with Crippen molar-refractivity contribution in [3.63, 3.8) is 0 Å². The molecule has 0 unspecified atom stereocenters. The molecule has 2 atom stereocenters. The first kappa shape index (κ1) is 7.60. The highest BCUT2D eigenvalue weighted by Crippen LogP contribution is 2.56. The van der Waals surface area contributed by atoms with Gasteiger partial charge in [0.25, 0.3) is 0 Å². The molecule has 2 fully saturated rings. The number of amides is 1. The van der Waals surface area contributed by atoms with Gasteiger partial charge in [0.2, 0.25) is 5.91 Å². The smallest absolute Gasteiger partial charge is 0.229 e. The molecule has 1 saturated carbocycles. The van der Waals surface area contributed by atoms with Crippen molar-refractivity contribution >= 4 is 5.91 Å². The zero-order valence-electron chi connectivity index (χ0n) is 7.81. The van der Waals surface area contributed by atoms with Gasteiger partial charge < -0.3 is 5.32 Å². The zero-order valence-corrected chi connectivity index (χ0v) is 7.81. The summed E-state index contributed by atoms with van der Waals surface area (Å²) in [5.41, 5.74) is 0.192. The monoisotopic (exact) mass is 177 g/mol. The molecule has 2 nitrogen and oxygen atoms in total. The summed E-state index contributed by atoms with van der Waals surface area (Å²) in [6, 6.07) is 0. The van der Waals surface area contributed by atoms with Crippen LogP contribution in [0.5, 0.6) is 0 Å². The lowest BCUT2D eigenvalue weighted by Crippen LogP contribution is -2.77. The van der Waals surface area contributed by atoms with Crippen molar-refractivity contribution in [3.8, 4) is 0 Å². The van der Waals surface area contributed by atoms with Crippen molar-refractivity contribution in [1.29, 1.82) is 0 Å². The second-order valence-corrected chi connectivity index (χ2v) is 4.71. The molecule has 3 aliphatic rings. The Morgan fingerprint density at radius 1 is 1.15 bits per heavy atom. The van der Waals surface area contributed by atoms with Crippen LogP contribution in [0, 0.1) is 5.41 Å². The topological polar surface area (TPSA) is 29.1 Å². The fraction of sp³-hybridized carbons (Fsp3) is 0.727. The van der Waals surface area contributed by atoms with Crippen LogP contribution in [0.25, 0.3) is 0 Å². The van der Waals surface area contributed by atoms with Crippen molar-refractivity contribution in [1.82, 2.24) is 5.32 Å². The molecule has 1 heterocycles. The molecule has 70 valence electrons. The number of nitrogens with one attached hydrogen (secondary N) is 1. The zero-order chi connectivity index (χ0) is 8.94. The molecule has 13 heavy (non-hydrogen) atoms. The minimum absolute atomic E-state index is 0.0139.